The van der Waals surface area contributed by atoms with E-state index in [1.54, 1.807) is 24.3 Å². The number of sulfonamides is 1. The predicted octanol–water partition coefficient (Wildman–Crippen LogP) is 6.06. The third-order valence-corrected chi connectivity index (χ3v) is 6.41. The van der Waals surface area contributed by atoms with Gasteiger partial charge in [0.2, 0.25) is 0 Å². The molecule has 0 aliphatic heterocycles. The van der Waals surface area contributed by atoms with E-state index in [4.69, 9.17) is 0 Å². The molecule has 0 aliphatic carbocycles. The minimum absolute atomic E-state index is 0.0529. The molecule has 28 heavy (non-hydrogen) atoms. The summed E-state index contributed by atoms with van der Waals surface area (Å²) in [6, 6.07) is 10.6. The minimum Gasteiger partial charge on any atom is -0.295 e. The van der Waals surface area contributed by atoms with E-state index in [0.29, 0.717) is 22.1 Å². The lowest BCUT2D eigenvalue weighted by molar-refractivity contribution is 0.101. The molecule has 0 aromatic heterocycles. The van der Waals surface area contributed by atoms with Gasteiger partial charge in [0, 0.05) is 11.3 Å². The number of Topliss-reactive ketones (excluding diaryl/α,β-unsaturated/α-hetero) is 1. The molecule has 4 nitrogen and oxygen atoms in total. The first-order valence-corrected chi connectivity index (χ1v) is 11.2. The third kappa shape index (κ3) is 4.82. The molecule has 0 bridgehead atoms. The summed E-state index contributed by atoms with van der Waals surface area (Å²) in [7, 11) is -3.78. The lowest BCUT2D eigenvalue weighted by Crippen LogP contribution is -2.19. The number of carbonyl (C=O) groups is 1. The van der Waals surface area contributed by atoms with Crippen LogP contribution in [0.2, 0.25) is 0 Å². The standard InChI is InChI=1S/C23H31NO3S/c1-14(2)19-12-21(15(3)4)23(22(13-19)16(5)6)28(26,27)24-20-10-8-18(9-11-20)17(7)25/h8-16,24H,1-7H3. The van der Waals surface area contributed by atoms with Gasteiger partial charge in [0.15, 0.2) is 5.78 Å². The molecule has 2 aromatic carbocycles. The molecule has 0 unspecified atom stereocenters. The summed E-state index contributed by atoms with van der Waals surface area (Å²) in [6.45, 7) is 13.8. The summed E-state index contributed by atoms with van der Waals surface area (Å²) in [4.78, 5) is 11.8. The molecule has 2 aromatic rings. The Balaban J connectivity index is 2.61. The molecular formula is C23H31NO3S. The number of ketones is 1. The van der Waals surface area contributed by atoms with Crippen molar-refractivity contribution >= 4 is 21.5 Å². The maximum Gasteiger partial charge on any atom is 0.262 e. The van der Waals surface area contributed by atoms with Crippen LogP contribution in [0.3, 0.4) is 0 Å². The van der Waals surface area contributed by atoms with Crippen LogP contribution in [0.1, 0.15) is 93.3 Å². The zero-order valence-electron chi connectivity index (χ0n) is 17.8. The molecule has 0 spiro atoms. The van der Waals surface area contributed by atoms with E-state index in [0.717, 1.165) is 16.7 Å². The Morgan fingerprint density at radius 3 is 1.64 bits per heavy atom. The van der Waals surface area contributed by atoms with Crippen LogP contribution in [0.5, 0.6) is 0 Å². The first-order valence-electron chi connectivity index (χ1n) is 9.75. The third-order valence-electron chi connectivity index (χ3n) is 4.89. The second kappa shape index (κ2) is 8.48. The summed E-state index contributed by atoms with van der Waals surface area (Å²) < 4.78 is 29.4. The van der Waals surface area contributed by atoms with Gasteiger partial charge < -0.3 is 0 Å². The van der Waals surface area contributed by atoms with Gasteiger partial charge in [-0.15, -0.1) is 0 Å². The maximum atomic E-state index is 13.4. The van der Waals surface area contributed by atoms with Gasteiger partial charge in [-0.2, -0.15) is 0 Å². The average Bonchev–Trinajstić information content (AvgIpc) is 2.60. The smallest absolute Gasteiger partial charge is 0.262 e. The van der Waals surface area contributed by atoms with Crippen molar-refractivity contribution in [3.05, 3.63) is 58.7 Å². The molecule has 2 rings (SSSR count). The van der Waals surface area contributed by atoms with Crippen LogP contribution in [0.4, 0.5) is 5.69 Å². The van der Waals surface area contributed by atoms with Crippen molar-refractivity contribution in [3.8, 4) is 0 Å². The van der Waals surface area contributed by atoms with Gasteiger partial charge in [-0.25, -0.2) is 8.42 Å². The molecule has 0 saturated heterocycles. The minimum atomic E-state index is -3.78. The van der Waals surface area contributed by atoms with Crippen molar-refractivity contribution in [1.29, 1.82) is 0 Å². The Bertz CT molecular complexity index is 927. The molecule has 1 N–H and O–H groups in total. The molecule has 0 aliphatic rings. The Kier molecular flexibility index (Phi) is 6.71. The van der Waals surface area contributed by atoms with Crippen LogP contribution in [0.15, 0.2) is 41.3 Å². The van der Waals surface area contributed by atoms with Gasteiger partial charge in [0.25, 0.3) is 10.0 Å². The van der Waals surface area contributed by atoms with E-state index >= 15 is 0 Å². The van der Waals surface area contributed by atoms with E-state index < -0.39 is 10.0 Å². The van der Waals surface area contributed by atoms with Gasteiger partial charge in [-0.1, -0.05) is 53.7 Å². The fourth-order valence-corrected chi connectivity index (χ4v) is 4.94. The number of rotatable bonds is 7. The molecule has 0 atom stereocenters. The van der Waals surface area contributed by atoms with Gasteiger partial charge in [0.05, 0.1) is 4.90 Å². The molecular weight excluding hydrogens is 370 g/mol. The van der Waals surface area contributed by atoms with Gasteiger partial charge in [0.1, 0.15) is 0 Å². The van der Waals surface area contributed by atoms with Crippen LogP contribution >= 0.6 is 0 Å². The zero-order valence-corrected chi connectivity index (χ0v) is 18.6. The summed E-state index contributed by atoms with van der Waals surface area (Å²) in [5, 5.41) is 0. The lowest BCUT2D eigenvalue weighted by Gasteiger charge is -2.23. The molecule has 0 fully saturated rings. The van der Waals surface area contributed by atoms with Crippen molar-refractivity contribution in [2.75, 3.05) is 4.72 Å². The van der Waals surface area contributed by atoms with E-state index in [2.05, 4.69) is 18.6 Å². The largest absolute Gasteiger partial charge is 0.295 e. The highest BCUT2D eigenvalue weighted by atomic mass is 32.2. The van der Waals surface area contributed by atoms with Gasteiger partial charge in [-0.3, -0.25) is 9.52 Å². The second-order valence-electron chi connectivity index (χ2n) is 8.23. The van der Waals surface area contributed by atoms with Crippen molar-refractivity contribution in [3.63, 3.8) is 0 Å². The Hall–Kier alpha value is -2.14. The van der Waals surface area contributed by atoms with Crippen molar-refractivity contribution < 1.29 is 13.2 Å². The molecule has 0 saturated carbocycles. The number of benzene rings is 2. The van der Waals surface area contributed by atoms with Crippen LogP contribution in [0.25, 0.3) is 0 Å². The number of carbonyl (C=O) groups excluding carboxylic acids is 1. The van der Waals surface area contributed by atoms with Crippen LogP contribution in [-0.2, 0) is 10.0 Å². The Morgan fingerprint density at radius 2 is 1.29 bits per heavy atom. The van der Waals surface area contributed by atoms with E-state index in [1.165, 1.54) is 6.92 Å². The quantitative estimate of drug-likeness (QED) is 0.574. The highest BCUT2D eigenvalue weighted by molar-refractivity contribution is 7.92. The average molecular weight is 402 g/mol. The van der Waals surface area contributed by atoms with Gasteiger partial charge in [-0.05, 0) is 65.6 Å². The van der Waals surface area contributed by atoms with Crippen LogP contribution in [0, 0.1) is 0 Å². The number of hydrogen-bond donors (Lipinski definition) is 1. The monoisotopic (exact) mass is 401 g/mol. The van der Waals surface area contributed by atoms with Crippen molar-refractivity contribution in [1.82, 2.24) is 0 Å². The SMILES string of the molecule is CC(=O)c1ccc(NS(=O)(=O)c2c(C(C)C)cc(C(C)C)cc2C(C)C)cc1. The molecule has 0 radical (unpaired) electrons. The number of nitrogens with one attached hydrogen (secondary N) is 1. The summed E-state index contributed by atoms with van der Waals surface area (Å²) >= 11 is 0. The summed E-state index contributed by atoms with van der Waals surface area (Å²) in [5.74, 6) is 0.410. The van der Waals surface area contributed by atoms with E-state index in [9.17, 15) is 13.2 Å². The maximum absolute atomic E-state index is 13.4. The van der Waals surface area contributed by atoms with E-state index in [1.807, 2.05) is 39.8 Å². The van der Waals surface area contributed by atoms with E-state index in [-0.39, 0.29) is 17.6 Å². The molecule has 152 valence electrons. The normalized spacial score (nSPS) is 12.1. The zero-order chi connectivity index (χ0) is 21.2. The van der Waals surface area contributed by atoms with Crippen LogP contribution < -0.4 is 4.72 Å². The van der Waals surface area contributed by atoms with Crippen LogP contribution in [-0.4, -0.2) is 14.2 Å². The fourth-order valence-electron chi connectivity index (χ4n) is 3.18. The first-order chi connectivity index (χ1) is 12.9. The topological polar surface area (TPSA) is 63.2 Å². The number of hydrogen-bond acceptors (Lipinski definition) is 3. The molecule has 0 amide bonds. The predicted molar refractivity (Wildman–Crippen MR) is 116 cm³/mol. The highest BCUT2D eigenvalue weighted by Gasteiger charge is 2.27. The fraction of sp³-hybridized carbons (Fsp3) is 0.435. The number of anilines is 1. The summed E-state index contributed by atoms with van der Waals surface area (Å²) in [6.07, 6.45) is 0. The van der Waals surface area contributed by atoms with Crippen molar-refractivity contribution in [2.45, 2.75) is 71.1 Å². The molecule has 5 heteroatoms. The second-order valence-corrected chi connectivity index (χ2v) is 9.85. The highest BCUT2D eigenvalue weighted by Crippen LogP contribution is 2.36. The van der Waals surface area contributed by atoms with Gasteiger partial charge >= 0.3 is 0 Å². The van der Waals surface area contributed by atoms with Crippen molar-refractivity contribution in [2.24, 2.45) is 0 Å². The Morgan fingerprint density at radius 1 is 0.821 bits per heavy atom. The Labute approximate surface area is 169 Å². The first kappa shape index (κ1) is 22.2. The molecule has 0 heterocycles. The lowest BCUT2D eigenvalue weighted by atomic mass is 9.89. The summed E-state index contributed by atoms with van der Waals surface area (Å²) in [5.41, 5.74) is 3.82.